The van der Waals surface area contributed by atoms with Gasteiger partial charge in [-0.1, -0.05) is 0 Å². The van der Waals surface area contributed by atoms with Crippen LogP contribution in [0.2, 0.25) is 0 Å². The van der Waals surface area contributed by atoms with Crippen LogP contribution in [0.5, 0.6) is 0 Å². The maximum absolute atomic E-state index is 11.8. The molecule has 1 aliphatic rings. The molecule has 0 radical (unpaired) electrons. The summed E-state index contributed by atoms with van der Waals surface area (Å²) < 4.78 is 0. The van der Waals surface area contributed by atoms with Crippen molar-refractivity contribution in [3.63, 3.8) is 0 Å². The summed E-state index contributed by atoms with van der Waals surface area (Å²) in [4.78, 5) is 23.4. The fourth-order valence-corrected chi connectivity index (χ4v) is 2.95. The van der Waals surface area contributed by atoms with Gasteiger partial charge in [0.15, 0.2) is 0 Å². The van der Waals surface area contributed by atoms with Crippen molar-refractivity contribution in [1.82, 2.24) is 16.0 Å². The molecule has 5 nitrogen and oxygen atoms in total. The Hall–Kier alpha value is -0.750. The quantitative estimate of drug-likeness (QED) is 0.665. The van der Waals surface area contributed by atoms with Gasteiger partial charge in [0.25, 0.3) is 0 Å². The molecule has 1 aliphatic heterocycles. The standard InChI is InChI=1S/C13H25N3O2S/c1-9(2)15-13(18)10(3)16-12(17)8-19-11-4-6-14-7-5-11/h9-11,14H,4-8H2,1-3H3,(H,15,18)(H,16,17). The number of thioether (sulfide) groups is 1. The topological polar surface area (TPSA) is 70.2 Å². The normalized spacial score (nSPS) is 18.1. The summed E-state index contributed by atoms with van der Waals surface area (Å²) in [7, 11) is 0. The first-order valence-electron chi connectivity index (χ1n) is 6.91. The van der Waals surface area contributed by atoms with Gasteiger partial charge in [-0.15, -0.1) is 11.8 Å². The average molecular weight is 287 g/mol. The largest absolute Gasteiger partial charge is 0.352 e. The van der Waals surface area contributed by atoms with Crippen LogP contribution >= 0.6 is 11.8 Å². The lowest BCUT2D eigenvalue weighted by molar-refractivity contribution is -0.127. The van der Waals surface area contributed by atoms with Crippen molar-refractivity contribution in [1.29, 1.82) is 0 Å². The molecule has 1 rings (SSSR count). The van der Waals surface area contributed by atoms with E-state index >= 15 is 0 Å². The molecule has 1 saturated heterocycles. The number of carbonyl (C=O) groups is 2. The molecule has 0 aromatic rings. The molecule has 1 fully saturated rings. The Kier molecular flexibility index (Phi) is 7.23. The molecule has 1 unspecified atom stereocenters. The zero-order valence-corrected chi connectivity index (χ0v) is 12.8. The molecule has 0 bridgehead atoms. The molecule has 3 N–H and O–H groups in total. The van der Waals surface area contributed by atoms with Crippen molar-refractivity contribution in [2.45, 2.75) is 50.9 Å². The Morgan fingerprint density at radius 1 is 1.21 bits per heavy atom. The number of rotatable bonds is 6. The van der Waals surface area contributed by atoms with Crippen molar-refractivity contribution in [2.75, 3.05) is 18.8 Å². The molecule has 0 aliphatic carbocycles. The van der Waals surface area contributed by atoms with Gasteiger partial charge in [0, 0.05) is 11.3 Å². The Bertz CT molecular complexity index is 304. The van der Waals surface area contributed by atoms with Crippen LogP contribution in [0.1, 0.15) is 33.6 Å². The lowest BCUT2D eigenvalue weighted by atomic mass is 10.2. The Balaban J connectivity index is 2.20. The van der Waals surface area contributed by atoms with E-state index in [9.17, 15) is 9.59 Å². The first-order chi connectivity index (χ1) is 8.99. The molecular weight excluding hydrogens is 262 g/mol. The minimum absolute atomic E-state index is 0.0602. The number of amides is 2. The summed E-state index contributed by atoms with van der Waals surface area (Å²) >= 11 is 1.69. The predicted octanol–water partition coefficient (Wildman–Crippen LogP) is 0.501. The molecule has 6 heteroatoms. The van der Waals surface area contributed by atoms with Crippen LogP contribution in [0, 0.1) is 0 Å². The van der Waals surface area contributed by atoms with Gasteiger partial charge in [0.05, 0.1) is 5.75 Å². The van der Waals surface area contributed by atoms with E-state index in [-0.39, 0.29) is 17.9 Å². The van der Waals surface area contributed by atoms with Crippen molar-refractivity contribution in [2.24, 2.45) is 0 Å². The molecular formula is C13H25N3O2S. The van der Waals surface area contributed by atoms with Gasteiger partial charge in [0.2, 0.25) is 11.8 Å². The van der Waals surface area contributed by atoms with E-state index in [1.165, 1.54) is 0 Å². The second-order valence-electron chi connectivity index (χ2n) is 5.21. The zero-order chi connectivity index (χ0) is 14.3. The molecule has 19 heavy (non-hydrogen) atoms. The zero-order valence-electron chi connectivity index (χ0n) is 12.0. The number of hydrogen-bond donors (Lipinski definition) is 3. The van der Waals surface area contributed by atoms with E-state index in [4.69, 9.17) is 0 Å². The van der Waals surface area contributed by atoms with Crippen LogP contribution in [0.15, 0.2) is 0 Å². The fraction of sp³-hybridized carbons (Fsp3) is 0.846. The summed E-state index contributed by atoms with van der Waals surface area (Å²) in [5.74, 6) is 0.245. The second kappa shape index (κ2) is 8.43. The summed E-state index contributed by atoms with van der Waals surface area (Å²) in [6.07, 6.45) is 2.22. The van der Waals surface area contributed by atoms with E-state index in [2.05, 4.69) is 16.0 Å². The Morgan fingerprint density at radius 2 is 1.84 bits per heavy atom. The lowest BCUT2D eigenvalue weighted by Crippen LogP contribution is -2.47. The summed E-state index contributed by atoms with van der Waals surface area (Å²) in [5.41, 5.74) is 0. The maximum atomic E-state index is 11.8. The molecule has 110 valence electrons. The first-order valence-corrected chi connectivity index (χ1v) is 7.96. The van der Waals surface area contributed by atoms with E-state index in [1.54, 1.807) is 18.7 Å². The third-order valence-electron chi connectivity index (χ3n) is 2.94. The Labute approximate surface area is 119 Å². The molecule has 0 aromatic heterocycles. The maximum Gasteiger partial charge on any atom is 0.242 e. The Morgan fingerprint density at radius 3 is 2.42 bits per heavy atom. The van der Waals surface area contributed by atoms with Crippen LogP contribution < -0.4 is 16.0 Å². The van der Waals surface area contributed by atoms with E-state index < -0.39 is 6.04 Å². The van der Waals surface area contributed by atoms with E-state index in [0.29, 0.717) is 11.0 Å². The highest BCUT2D eigenvalue weighted by molar-refractivity contribution is 8.00. The fourth-order valence-electron chi connectivity index (χ4n) is 1.91. The monoisotopic (exact) mass is 287 g/mol. The van der Waals surface area contributed by atoms with Crippen molar-refractivity contribution in [3.8, 4) is 0 Å². The third-order valence-corrected chi connectivity index (χ3v) is 4.31. The van der Waals surface area contributed by atoms with Crippen LogP contribution in [0.25, 0.3) is 0 Å². The number of hydrogen-bond acceptors (Lipinski definition) is 4. The molecule has 1 atom stereocenters. The second-order valence-corrected chi connectivity index (χ2v) is 6.50. The van der Waals surface area contributed by atoms with Crippen LogP contribution in [0.3, 0.4) is 0 Å². The van der Waals surface area contributed by atoms with Gasteiger partial charge >= 0.3 is 0 Å². The van der Waals surface area contributed by atoms with Crippen LogP contribution in [-0.4, -0.2) is 48.0 Å². The molecule has 1 heterocycles. The van der Waals surface area contributed by atoms with Crippen molar-refractivity contribution < 1.29 is 9.59 Å². The molecule has 0 saturated carbocycles. The highest BCUT2D eigenvalue weighted by atomic mass is 32.2. The van der Waals surface area contributed by atoms with Crippen molar-refractivity contribution in [3.05, 3.63) is 0 Å². The van der Waals surface area contributed by atoms with Gasteiger partial charge in [-0.25, -0.2) is 0 Å². The third kappa shape index (κ3) is 6.82. The predicted molar refractivity (Wildman–Crippen MR) is 79.2 cm³/mol. The molecule has 0 aromatic carbocycles. The van der Waals surface area contributed by atoms with E-state index in [1.807, 2.05) is 13.8 Å². The highest BCUT2D eigenvalue weighted by Crippen LogP contribution is 2.19. The number of nitrogens with one attached hydrogen (secondary N) is 3. The minimum atomic E-state index is -0.469. The molecule has 2 amide bonds. The SMILES string of the molecule is CC(C)NC(=O)C(C)NC(=O)CSC1CCNCC1. The first kappa shape index (κ1) is 16.3. The number of carbonyl (C=O) groups excluding carboxylic acids is 2. The lowest BCUT2D eigenvalue weighted by Gasteiger charge is -2.22. The summed E-state index contributed by atoms with van der Waals surface area (Å²) in [5, 5.41) is 9.38. The van der Waals surface area contributed by atoms with Crippen molar-refractivity contribution >= 4 is 23.6 Å². The van der Waals surface area contributed by atoms with Gasteiger partial charge in [0.1, 0.15) is 6.04 Å². The van der Waals surface area contributed by atoms with Crippen LogP contribution in [0.4, 0.5) is 0 Å². The number of piperidine rings is 1. The van der Waals surface area contributed by atoms with Gasteiger partial charge in [-0.05, 0) is 46.7 Å². The highest BCUT2D eigenvalue weighted by Gasteiger charge is 2.18. The minimum Gasteiger partial charge on any atom is -0.352 e. The van der Waals surface area contributed by atoms with Crippen LogP contribution in [-0.2, 0) is 9.59 Å². The summed E-state index contributed by atoms with van der Waals surface area (Å²) in [6.45, 7) is 7.59. The van der Waals surface area contributed by atoms with Gasteiger partial charge in [-0.2, -0.15) is 0 Å². The van der Waals surface area contributed by atoms with Gasteiger partial charge in [-0.3, -0.25) is 9.59 Å². The molecule has 0 spiro atoms. The average Bonchev–Trinajstić information content (AvgIpc) is 2.36. The smallest absolute Gasteiger partial charge is 0.242 e. The van der Waals surface area contributed by atoms with E-state index in [0.717, 1.165) is 25.9 Å². The summed E-state index contributed by atoms with van der Waals surface area (Å²) in [6, 6.07) is -0.375. The van der Waals surface area contributed by atoms with Gasteiger partial charge < -0.3 is 16.0 Å².